The summed E-state index contributed by atoms with van der Waals surface area (Å²) in [6, 6.07) is 10.7. The average Bonchev–Trinajstić information content (AvgIpc) is 3.02. The fourth-order valence-electron chi connectivity index (χ4n) is 8.49. The minimum atomic E-state index is -2.85. The lowest BCUT2D eigenvalue weighted by Gasteiger charge is -2.60. The number of fused-ring (bicyclic) bond motifs is 3. The van der Waals surface area contributed by atoms with Crippen LogP contribution >= 0.6 is 0 Å². The van der Waals surface area contributed by atoms with Crippen molar-refractivity contribution in [1.29, 1.82) is 5.26 Å². The Morgan fingerprint density at radius 3 is 2.20 bits per heavy atom. The number of primary amides is 1. The van der Waals surface area contributed by atoms with Gasteiger partial charge >= 0.3 is 0 Å². The normalized spacial score (nSPS) is 29.2. The van der Waals surface area contributed by atoms with Crippen molar-refractivity contribution >= 4 is 40.6 Å². The van der Waals surface area contributed by atoms with Crippen LogP contribution in [0.3, 0.4) is 0 Å². The number of hydrogen-bond donors (Lipinski definition) is 5. The lowest BCUT2D eigenvalue weighted by Crippen LogP contribution is -2.85. The van der Waals surface area contributed by atoms with Crippen LogP contribution < -0.4 is 27.4 Å². The van der Waals surface area contributed by atoms with Crippen LogP contribution in [0.1, 0.15) is 33.5 Å². The zero-order valence-electron chi connectivity index (χ0n) is 29.5. The van der Waals surface area contributed by atoms with Crippen LogP contribution in [0.5, 0.6) is 5.75 Å². The number of nitrogens with two attached hydrogens (primary N) is 3. The Kier molecular flexibility index (Phi) is 9.46. The van der Waals surface area contributed by atoms with Crippen molar-refractivity contribution in [3.8, 4) is 11.8 Å². The van der Waals surface area contributed by atoms with Gasteiger partial charge in [0.1, 0.15) is 11.7 Å². The molecule has 15 heteroatoms. The molecule has 0 spiro atoms. The number of likely N-dealkylation sites (N-methyl/N-ethyl adjacent to an activating group) is 2. The third-order valence-electron chi connectivity index (χ3n) is 10.8. The van der Waals surface area contributed by atoms with E-state index in [1.165, 1.54) is 19.0 Å². The van der Waals surface area contributed by atoms with Crippen LogP contribution in [0.25, 0.3) is 0 Å². The highest BCUT2D eigenvalue weighted by Gasteiger charge is 2.78. The molecule has 8 N–H and O–H groups in total. The maximum Gasteiger partial charge on any atom is 0.237 e. The van der Waals surface area contributed by atoms with E-state index in [2.05, 4.69) is 5.32 Å². The highest BCUT2D eigenvalue weighted by molar-refractivity contribution is 6.33. The number of phenols is 1. The maximum atomic E-state index is 14.7. The summed E-state index contributed by atoms with van der Waals surface area (Å²) >= 11 is 0. The lowest BCUT2D eigenvalue weighted by atomic mass is 9.42. The summed E-state index contributed by atoms with van der Waals surface area (Å²) in [5.74, 6) is -10.8. The number of nitrogens with one attached hydrogen (secondary N) is 1. The molecule has 3 unspecified atom stereocenters. The number of benzene rings is 2. The third kappa shape index (κ3) is 5.50. The van der Waals surface area contributed by atoms with Crippen LogP contribution in [0, 0.1) is 28.6 Å². The quantitative estimate of drug-likeness (QED) is 0.191. The lowest BCUT2D eigenvalue weighted by molar-refractivity contribution is -0.166. The molecule has 15 nitrogen and oxygen atoms in total. The van der Waals surface area contributed by atoms with Gasteiger partial charge in [0.05, 0.1) is 29.3 Å². The van der Waals surface area contributed by atoms with Crippen molar-refractivity contribution in [2.24, 2.45) is 34.5 Å². The number of ketones is 4. The van der Waals surface area contributed by atoms with Gasteiger partial charge < -0.3 is 32.5 Å². The van der Waals surface area contributed by atoms with E-state index < -0.39 is 81.6 Å². The van der Waals surface area contributed by atoms with Crippen molar-refractivity contribution in [1.82, 2.24) is 15.1 Å². The Morgan fingerprint density at radius 2 is 1.67 bits per heavy atom. The van der Waals surface area contributed by atoms with E-state index in [1.54, 1.807) is 50.1 Å². The summed E-state index contributed by atoms with van der Waals surface area (Å²) in [6.45, 7) is -0.184. The number of hydrogen-bond acceptors (Lipinski definition) is 13. The second-order valence-corrected chi connectivity index (χ2v) is 14.7. The van der Waals surface area contributed by atoms with E-state index in [1.807, 2.05) is 30.3 Å². The molecule has 51 heavy (non-hydrogen) atoms. The summed E-state index contributed by atoms with van der Waals surface area (Å²) in [5.41, 5.74) is 14.0. The van der Waals surface area contributed by atoms with Gasteiger partial charge in [-0.2, -0.15) is 5.26 Å². The van der Waals surface area contributed by atoms with Gasteiger partial charge in [-0.05, 0) is 64.6 Å². The molecule has 2 aromatic rings. The highest BCUT2D eigenvalue weighted by atomic mass is 16.3. The Balaban J connectivity index is 1.60. The first-order chi connectivity index (χ1) is 23.8. The van der Waals surface area contributed by atoms with Gasteiger partial charge in [-0.3, -0.25) is 38.6 Å². The zero-order chi connectivity index (χ0) is 38.0. The molecular weight excluding hydrogens is 656 g/mol. The van der Waals surface area contributed by atoms with E-state index in [9.17, 15) is 39.1 Å². The van der Waals surface area contributed by atoms with Gasteiger partial charge in [0.2, 0.25) is 11.8 Å². The average molecular weight is 701 g/mol. The van der Waals surface area contributed by atoms with Gasteiger partial charge in [-0.1, -0.05) is 30.3 Å². The van der Waals surface area contributed by atoms with E-state index in [0.717, 1.165) is 5.56 Å². The Morgan fingerprint density at radius 1 is 1.04 bits per heavy atom. The van der Waals surface area contributed by atoms with Gasteiger partial charge in [-0.25, -0.2) is 0 Å². The number of Topliss-reactive ketones (excluding diaryl/α,β-unsaturated/α-hetero) is 4. The van der Waals surface area contributed by atoms with E-state index in [0.29, 0.717) is 12.1 Å². The molecule has 0 bridgehead atoms. The number of phenolic OH excluding ortho intramolecular Hbond substituents is 1. The Bertz CT molecular complexity index is 1890. The molecule has 0 heterocycles. The van der Waals surface area contributed by atoms with Gasteiger partial charge in [0.25, 0.3) is 0 Å². The van der Waals surface area contributed by atoms with Crippen LogP contribution in [0.15, 0.2) is 36.4 Å². The largest absolute Gasteiger partial charge is 0.507 e. The molecule has 5 rings (SSSR count). The maximum absolute atomic E-state index is 14.7. The summed E-state index contributed by atoms with van der Waals surface area (Å²) in [5, 5.41) is 25.2. The molecule has 3 aliphatic carbocycles. The number of carbonyl (C=O) groups excluding carboxylic acids is 6. The second-order valence-electron chi connectivity index (χ2n) is 14.7. The van der Waals surface area contributed by atoms with Gasteiger partial charge in [0.15, 0.2) is 34.5 Å². The minimum absolute atomic E-state index is 0.174. The van der Waals surface area contributed by atoms with E-state index >= 15 is 0 Å². The molecular formula is C36H44N8O7. The number of nitrogens with zero attached hydrogens (tertiary/aromatic N) is 4. The Hall–Kier alpha value is -5.01. The second kappa shape index (κ2) is 13.0. The third-order valence-corrected chi connectivity index (χ3v) is 10.8. The Labute approximate surface area is 295 Å². The first-order valence-corrected chi connectivity index (χ1v) is 16.4. The van der Waals surface area contributed by atoms with Crippen molar-refractivity contribution in [2.75, 3.05) is 47.2 Å². The molecule has 7 atom stereocenters. The van der Waals surface area contributed by atoms with Crippen molar-refractivity contribution in [3.63, 3.8) is 0 Å². The number of amides is 2. The fraction of sp³-hybridized carbons (Fsp3) is 0.472. The number of carbonyl (C=O) groups is 6. The van der Waals surface area contributed by atoms with Crippen LogP contribution in [-0.2, 0) is 43.4 Å². The van der Waals surface area contributed by atoms with Gasteiger partial charge in [0, 0.05) is 37.4 Å². The summed E-state index contributed by atoms with van der Waals surface area (Å²) in [7, 11) is 9.85. The molecule has 2 saturated carbocycles. The fourth-order valence-corrected chi connectivity index (χ4v) is 8.49. The van der Waals surface area contributed by atoms with E-state index in [4.69, 9.17) is 17.2 Å². The standard InChI is InChI=1S/C36H44N8O7/c1-42(2)21-13-19(15-41-33(51)22(43(3)4)12-18-10-8-7-9-11-18)26(45)23-20(21)14-34(39)16-36(40)29(44(5)6)28(47)24(32(38)50)30(48)35(36,17-37)31(49)25(34)27(23)46/h7-11,13,22,24-25,29,45H,12,14-16,39-40H2,1-6H3,(H2,38,50)(H,41,51)/t22?,24?,25?,29-,34-,35+,36-/m1/s1. The SMILES string of the molecule is CN(C)c1cc(CNC(=O)C(Cc2ccccc2)N(C)C)c(O)c2c1C[C@@]1(N)C[C@@]3(N)[C@H](N(C)C)C(=O)C(C(N)=O)C(=O)[C@@]3(C#N)C(=O)C1C2=O. The topological polar surface area (TPSA) is 246 Å². The summed E-state index contributed by atoms with van der Waals surface area (Å²) < 4.78 is 0. The molecule has 0 aliphatic heterocycles. The highest BCUT2D eigenvalue weighted by Crippen LogP contribution is 2.57. The van der Waals surface area contributed by atoms with E-state index in [-0.39, 0.29) is 35.6 Å². The first-order valence-electron chi connectivity index (χ1n) is 16.4. The zero-order valence-corrected chi connectivity index (χ0v) is 29.5. The molecule has 0 aromatic heterocycles. The molecule has 2 aromatic carbocycles. The predicted octanol–water partition coefficient (Wildman–Crippen LogP) is -1.34. The summed E-state index contributed by atoms with van der Waals surface area (Å²) in [4.78, 5) is 87.6. The molecule has 0 saturated heterocycles. The first kappa shape index (κ1) is 37.3. The molecule has 2 amide bonds. The van der Waals surface area contributed by atoms with Crippen LogP contribution in [-0.4, -0.2) is 115 Å². The monoisotopic (exact) mass is 700 g/mol. The predicted molar refractivity (Wildman–Crippen MR) is 185 cm³/mol. The van der Waals surface area contributed by atoms with Crippen LogP contribution in [0.4, 0.5) is 5.69 Å². The number of anilines is 1. The number of nitriles is 1. The van der Waals surface area contributed by atoms with Crippen molar-refractivity contribution in [3.05, 3.63) is 58.7 Å². The van der Waals surface area contributed by atoms with Crippen molar-refractivity contribution < 1.29 is 33.9 Å². The number of rotatable bonds is 9. The van der Waals surface area contributed by atoms with Gasteiger partial charge in [-0.15, -0.1) is 0 Å². The molecule has 270 valence electrons. The number of aromatic hydroxyl groups is 1. The molecule has 3 aliphatic rings. The van der Waals surface area contributed by atoms with Crippen LogP contribution in [0.2, 0.25) is 0 Å². The minimum Gasteiger partial charge on any atom is -0.507 e. The summed E-state index contributed by atoms with van der Waals surface area (Å²) in [6.07, 6.45) is -0.307. The molecule has 2 fully saturated rings. The van der Waals surface area contributed by atoms with Crippen molar-refractivity contribution in [2.45, 2.75) is 49.0 Å². The smallest absolute Gasteiger partial charge is 0.237 e. The molecule has 0 radical (unpaired) electrons.